The molecule has 2 aliphatic rings. The Morgan fingerprint density at radius 3 is 2.83 bits per heavy atom. The van der Waals surface area contributed by atoms with Gasteiger partial charge in [-0.3, -0.25) is 19.1 Å². The first-order chi connectivity index (χ1) is 11.1. The lowest BCUT2D eigenvalue weighted by Gasteiger charge is -2.32. The predicted octanol–water partition coefficient (Wildman–Crippen LogP) is -0.627. The molecule has 10 heteroatoms. The third kappa shape index (κ3) is 3.43. The number of rotatable bonds is 5. The average Bonchev–Trinajstić information content (AvgIpc) is 2.97. The van der Waals surface area contributed by atoms with Crippen molar-refractivity contribution in [3.05, 3.63) is 10.4 Å². The van der Waals surface area contributed by atoms with Gasteiger partial charge in [0.15, 0.2) is 17.3 Å². The van der Waals surface area contributed by atoms with Crippen molar-refractivity contribution in [3.8, 4) is 0 Å². The molecule has 0 spiro atoms. The minimum absolute atomic E-state index is 0.0344. The molecule has 0 aromatic carbocycles. The molecule has 126 valence electrons. The topological polar surface area (TPSA) is 112 Å². The molecule has 9 nitrogen and oxygen atoms in total. The minimum atomic E-state index is -0.859. The quantitative estimate of drug-likeness (QED) is 0.411. The van der Waals surface area contributed by atoms with E-state index < -0.39 is 5.97 Å². The van der Waals surface area contributed by atoms with Crippen LogP contribution in [0.3, 0.4) is 0 Å². The van der Waals surface area contributed by atoms with Crippen LogP contribution in [0.5, 0.6) is 0 Å². The van der Waals surface area contributed by atoms with Gasteiger partial charge in [-0.25, -0.2) is 4.98 Å². The number of nitrogens with one attached hydrogen (secondary N) is 3. The second-order valence-corrected chi connectivity index (χ2v) is 6.51. The van der Waals surface area contributed by atoms with Crippen LogP contribution in [0.2, 0.25) is 0 Å². The smallest absolute Gasteiger partial charge is 0.304 e. The van der Waals surface area contributed by atoms with Gasteiger partial charge in [-0.05, 0) is 0 Å². The van der Waals surface area contributed by atoms with Gasteiger partial charge in [0.05, 0.1) is 6.42 Å². The molecule has 1 atom stereocenters. The highest BCUT2D eigenvalue weighted by atomic mass is 32.2. The van der Waals surface area contributed by atoms with Crippen LogP contribution in [0.4, 0.5) is 11.5 Å². The first kappa shape index (κ1) is 16.1. The molecule has 1 fully saturated rings. The summed E-state index contributed by atoms with van der Waals surface area (Å²) in [5.41, 5.74) is 0.316. The summed E-state index contributed by atoms with van der Waals surface area (Å²) >= 11 is 1.27. The average molecular weight is 340 g/mol. The Morgan fingerprint density at radius 1 is 1.39 bits per heavy atom. The van der Waals surface area contributed by atoms with Crippen molar-refractivity contribution in [2.75, 3.05) is 42.6 Å². The lowest BCUT2D eigenvalue weighted by Crippen LogP contribution is -2.52. The molecule has 1 saturated heterocycles. The molecule has 3 rings (SSSR count). The van der Waals surface area contributed by atoms with E-state index in [1.54, 1.807) is 7.05 Å². The van der Waals surface area contributed by atoms with Gasteiger partial charge in [0.1, 0.15) is 5.69 Å². The van der Waals surface area contributed by atoms with Gasteiger partial charge in [-0.15, -0.1) is 0 Å². The maximum absolute atomic E-state index is 12.5. The number of hydrogen-bond acceptors (Lipinski definition) is 8. The second kappa shape index (κ2) is 6.77. The molecule has 0 radical (unpaired) electrons. The molecule has 23 heavy (non-hydrogen) atoms. The number of nitrogens with zero attached hydrogens (tertiary/aromatic N) is 3. The Labute approximate surface area is 137 Å². The van der Waals surface area contributed by atoms with Crippen LogP contribution >= 0.6 is 11.8 Å². The molecule has 3 heterocycles. The van der Waals surface area contributed by atoms with Crippen molar-refractivity contribution in [1.82, 2.24) is 19.8 Å². The maximum Gasteiger partial charge on any atom is 0.304 e. The fourth-order valence-corrected chi connectivity index (χ4v) is 3.49. The van der Waals surface area contributed by atoms with Crippen molar-refractivity contribution in [2.24, 2.45) is 7.05 Å². The van der Waals surface area contributed by atoms with Gasteiger partial charge in [0.25, 0.3) is 5.56 Å². The summed E-state index contributed by atoms with van der Waals surface area (Å²) in [5.74, 6) is 0.0555. The van der Waals surface area contributed by atoms with Gasteiger partial charge in [-0.1, -0.05) is 11.8 Å². The number of carbonyl (C=O) groups is 1. The van der Waals surface area contributed by atoms with Crippen LogP contribution in [0.15, 0.2) is 9.95 Å². The van der Waals surface area contributed by atoms with Gasteiger partial charge < -0.3 is 21.1 Å². The maximum atomic E-state index is 12.5. The van der Waals surface area contributed by atoms with Crippen LogP contribution in [-0.4, -0.2) is 63.7 Å². The summed E-state index contributed by atoms with van der Waals surface area (Å²) in [6, 6.07) is 0. The van der Waals surface area contributed by atoms with E-state index in [1.807, 2.05) is 0 Å². The van der Waals surface area contributed by atoms with E-state index in [2.05, 4.69) is 25.8 Å². The lowest BCUT2D eigenvalue weighted by molar-refractivity contribution is -0.136. The molecule has 0 bridgehead atoms. The highest BCUT2D eigenvalue weighted by Crippen LogP contribution is 2.27. The van der Waals surface area contributed by atoms with Gasteiger partial charge in [0.2, 0.25) is 0 Å². The Morgan fingerprint density at radius 2 is 2.13 bits per heavy atom. The van der Waals surface area contributed by atoms with Crippen molar-refractivity contribution < 1.29 is 9.90 Å². The molecule has 2 aliphatic heterocycles. The zero-order valence-corrected chi connectivity index (χ0v) is 13.7. The SMILES string of the molecule is Cn1c(SCCC(=O)O)nc2c(c1=O)NC(N1CCNCC1)N2. The number of thioether (sulfide) groups is 1. The van der Waals surface area contributed by atoms with E-state index in [1.165, 1.54) is 16.3 Å². The van der Waals surface area contributed by atoms with Crippen LogP contribution in [0.1, 0.15) is 6.42 Å². The number of hydrogen-bond donors (Lipinski definition) is 4. The monoisotopic (exact) mass is 340 g/mol. The normalized spacial score (nSPS) is 20.7. The molecular weight excluding hydrogens is 320 g/mol. The van der Waals surface area contributed by atoms with E-state index in [0.717, 1.165) is 26.2 Å². The van der Waals surface area contributed by atoms with Gasteiger partial charge >= 0.3 is 5.97 Å². The third-order valence-electron chi connectivity index (χ3n) is 3.87. The van der Waals surface area contributed by atoms with Crippen LogP contribution in [0.25, 0.3) is 0 Å². The van der Waals surface area contributed by atoms with Crippen molar-refractivity contribution in [1.29, 1.82) is 0 Å². The summed E-state index contributed by atoms with van der Waals surface area (Å²) in [6.07, 6.45) is -0.0984. The molecule has 1 aromatic rings. The minimum Gasteiger partial charge on any atom is -0.481 e. The Bertz CT molecular complexity index is 658. The van der Waals surface area contributed by atoms with Crippen molar-refractivity contribution in [3.63, 3.8) is 0 Å². The lowest BCUT2D eigenvalue weighted by atomic mass is 10.4. The summed E-state index contributed by atoms with van der Waals surface area (Å²) in [5, 5.41) is 19.0. The Balaban J connectivity index is 1.75. The van der Waals surface area contributed by atoms with Crippen LogP contribution < -0.4 is 21.5 Å². The number of anilines is 2. The zero-order valence-electron chi connectivity index (χ0n) is 12.8. The van der Waals surface area contributed by atoms with E-state index >= 15 is 0 Å². The number of carboxylic acid groups (broad SMARTS) is 1. The summed E-state index contributed by atoms with van der Waals surface area (Å²) < 4.78 is 1.46. The highest BCUT2D eigenvalue weighted by molar-refractivity contribution is 7.99. The van der Waals surface area contributed by atoms with Gasteiger partial charge in [-0.2, -0.15) is 0 Å². The van der Waals surface area contributed by atoms with Crippen molar-refractivity contribution in [2.45, 2.75) is 17.9 Å². The molecular formula is C13H20N6O3S. The van der Waals surface area contributed by atoms with E-state index in [9.17, 15) is 9.59 Å². The van der Waals surface area contributed by atoms with E-state index in [0.29, 0.717) is 22.4 Å². The molecule has 1 aromatic heterocycles. The zero-order chi connectivity index (χ0) is 16.4. The fourth-order valence-electron chi connectivity index (χ4n) is 2.60. The van der Waals surface area contributed by atoms with Crippen molar-refractivity contribution >= 4 is 29.2 Å². The number of aromatic nitrogens is 2. The molecule has 4 N–H and O–H groups in total. The summed E-state index contributed by atoms with van der Waals surface area (Å²) in [6.45, 7) is 3.61. The van der Waals surface area contributed by atoms with E-state index in [-0.39, 0.29) is 18.3 Å². The largest absolute Gasteiger partial charge is 0.481 e. The first-order valence-electron chi connectivity index (χ1n) is 7.49. The highest BCUT2D eigenvalue weighted by Gasteiger charge is 2.30. The predicted molar refractivity (Wildman–Crippen MR) is 87.9 cm³/mol. The molecule has 0 saturated carbocycles. The second-order valence-electron chi connectivity index (χ2n) is 5.45. The van der Waals surface area contributed by atoms with Crippen LogP contribution in [0, 0.1) is 0 Å². The van der Waals surface area contributed by atoms with E-state index in [4.69, 9.17) is 5.11 Å². The molecule has 1 unspecified atom stereocenters. The standard InChI is InChI=1S/C13H20N6O3S/c1-18-11(22)9-10(17-13(18)23-7-2-8(20)21)16-12(15-9)19-5-3-14-4-6-19/h12,14-16H,2-7H2,1H3,(H,20,21). The summed E-state index contributed by atoms with van der Waals surface area (Å²) in [4.78, 5) is 29.8. The Hall–Kier alpha value is -1.78. The molecule has 0 amide bonds. The molecule has 0 aliphatic carbocycles. The third-order valence-corrected chi connectivity index (χ3v) is 4.90. The number of aliphatic carboxylic acids is 1. The number of fused-ring (bicyclic) bond motifs is 1. The Kier molecular flexibility index (Phi) is 4.74. The first-order valence-corrected chi connectivity index (χ1v) is 8.48. The summed E-state index contributed by atoms with van der Waals surface area (Å²) in [7, 11) is 1.65. The van der Waals surface area contributed by atoms with Gasteiger partial charge in [0, 0.05) is 39.0 Å². The van der Waals surface area contributed by atoms with Crippen LogP contribution in [-0.2, 0) is 11.8 Å². The fraction of sp³-hybridized carbons (Fsp3) is 0.615. The number of carboxylic acids is 1. The number of piperazine rings is 1.